The molecule has 0 aliphatic carbocycles. The minimum Gasteiger partial charge on any atom is -0.265 e. The molecule has 0 spiro atoms. The molecule has 0 aromatic heterocycles. The van der Waals surface area contributed by atoms with Crippen LogP contribution in [-0.4, -0.2) is 18.1 Å². The zero-order valence-corrected chi connectivity index (χ0v) is 5.94. The summed E-state index contributed by atoms with van der Waals surface area (Å²) in [5.41, 5.74) is 0. The number of hydrogen-bond donors (Lipinski definition) is 1. The van der Waals surface area contributed by atoms with E-state index in [9.17, 15) is 8.42 Å². The van der Waals surface area contributed by atoms with Crippen molar-refractivity contribution < 1.29 is 44.7 Å². The zero-order chi connectivity index (χ0) is 6.78. The Labute approximate surface area is 65.6 Å². The Balaban J connectivity index is 0. The van der Waals surface area contributed by atoms with Crippen molar-refractivity contribution in [2.75, 3.05) is 0 Å². The second-order valence-corrected chi connectivity index (χ2v) is 1.73. The van der Waals surface area contributed by atoms with Crippen molar-refractivity contribution in [1.82, 2.24) is 0 Å². The molecule has 0 unspecified atom stereocenters. The average Bonchev–Trinajstić information content (AvgIpc) is 1.21. The summed E-state index contributed by atoms with van der Waals surface area (Å²) in [6.45, 7) is 0. The molecule has 0 aliphatic rings. The minimum absolute atomic E-state index is 0. The summed E-state index contributed by atoms with van der Waals surface area (Å²) < 4.78 is 28.9. The third kappa shape index (κ3) is 11.4. The van der Waals surface area contributed by atoms with E-state index in [0.717, 1.165) is 0 Å². The fourth-order valence-corrected chi connectivity index (χ4v) is 0.231. The number of nitrogens with zero attached hydrogens (tertiary/aromatic N) is 1. The van der Waals surface area contributed by atoms with Crippen molar-refractivity contribution in [1.29, 1.82) is 0 Å². The molecule has 0 aromatic rings. The van der Waals surface area contributed by atoms with E-state index in [1.807, 2.05) is 0 Å². The zero-order valence-electron chi connectivity index (χ0n) is 3.65. The van der Waals surface area contributed by atoms with Crippen LogP contribution in [0.5, 0.6) is 0 Å². The number of rotatable bonds is 2. The first-order valence-corrected chi connectivity index (χ1v) is 2.60. The van der Waals surface area contributed by atoms with E-state index >= 15 is 0 Å². The Morgan fingerprint density at radius 3 is 1.89 bits per heavy atom. The summed E-state index contributed by atoms with van der Waals surface area (Å²) in [4.78, 5) is 9.06. The van der Waals surface area contributed by atoms with E-state index < -0.39 is 15.5 Å². The predicted molar refractivity (Wildman–Crippen MR) is 19.6 cm³/mol. The molecule has 0 saturated carbocycles. The standard InChI is InChI=1S/Ag.HNO6S/c;2-1(3)7-8(4,5)6/h;(H,4,5,6). The van der Waals surface area contributed by atoms with Crippen LogP contribution in [0.25, 0.3) is 0 Å². The van der Waals surface area contributed by atoms with E-state index in [1.165, 1.54) is 0 Å². The summed E-state index contributed by atoms with van der Waals surface area (Å²) in [6, 6.07) is 0. The molecule has 0 aliphatic heterocycles. The molecule has 0 rings (SSSR count). The van der Waals surface area contributed by atoms with Gasteiger partial charge in [-0.05, 0) is 0 Å². The molecule has 59 valence electrons. The molecule has 0 fully saturated rings. The molecule has 1 N–H and O–H groups in total. The molecule has 0 saturated heterocycles. The maximum Gasteiger partial charge on any atom is 0.429 e. The van der Waals surface area contributed by atoms with Gasteiger partial charge in [-0.3, -0.25) is 4.55 Å². The van der Waals surface area contributed by atoms with Crippen LogP contribution in [0.3, 0.4) is 0 Å². The summed E-state index contributed by atoms with van der Waals surface area (Å²) in [5.74, 6) is 0. The van der Waals surface area contributed by atoms with Crippen LogP contribution in [0.2, 0.25) is 0 Å². The molecule has 0 aromatic carbocycles. The molecular formula is HAgNO6S. The van der Waals surface area contributed by atoms with Gasteiger partial charge in [0.2, 0.25) is 0 Å². The van der Waals surface area contributed by atoms with Gasteiger partial charge >= 0.3 is 15.5 Å². The van der Waals surface area contributed by atoms with Gasteiger partial charge in [-0.2, -0.15) is 12.7 Å². The van der Waals surface area contributed by atoms with Gasteiger partial charge in [-0.15, -0.1) is 10.1 Å². The van der Waals surface area contributed by atoms with Crippen molar-refractivity contribution in [3.63, 3.8) is 0 Å². The molecule has 0 atom stereocenters. The molecule has 0 amide bonds. The predicted octanol–water partition coefficient (Wildman–Crippen LogP) is -1.00. The van der Waals surface area contributed by atoms with Gasteiger partial charge < -0.3 is 0 Å². The first kappa shape index (κ1) is 11.6. The second-order valence-electron chi connectivity index (χ2n) is 0.726. The van der Waals surface area contributed by atoms with Crippen LogP contribution in [0.1, 0.15) is 0 Å². The van der Waals surface area contributed by atoms with Crippen molar-refractivity contribution >= 4 is 10.4 Å². The van der Waals surface area contributed by atoms with Crippen molar-refractivity contribution in [3.05, 3.63) is 10.1 Å². The smallest absolute Gasteiger partial charge is 0.265 e. The SMILES string of the molecule is O=[N+]([O-])OS(=O)(=O)O.[Ag]. The third-order valence-electron chi connectivity index (χ3n) is 0.155. The monoisotopic (exact) mass is 250 g/mol. The van der Waals surface area contributed by atoms with Gasteiger partial charge in [0, 0.05) is 22.4 Å². The van der Waals surface area contributed by atoms with Gasteiger partial charge in [-0.1, -0.05) is 0 Å². The fourth-order valence-electron chi connectivity index (χ4n) is 0.0769. The van der Waals surface area contributed by atoms with E-state index in [4.69, 9.17) is 14.7 Å². The van der Waals surface area contributed by atoms with E-state index in [-0.39, 0.29) is 22.4 Å². The van der Waals surface area contributed by atoms with Crippen LogP contribution in [0.15, 0.2) is 0 Å². The molecule has 0 heterocycles. The van der Waals surface area contributed by atoms with Crippen molar-refractivity contribution in [2.45, 2.75) is 0 Å². The van der Waals surface area contributed by atoms with Crippen LogP contribution < -0.4 is 0 Å². The van der Waals surface area contributed by atoms with E-state index in [1.54, 1.807) is 0 Å². The molecular weight excluding hydrogens is 250 g/mol. The van der Waals surface area contributed by atoms with Crippen LogP contribution in [0.4, 0.5) is 0 Å². The van der Waals surface area contributed by atoms with Crippen LogP contribution in [-0.2, 0) is 37.1 Å². The third-order valence-corrected chi connectivity index (χ3v) is 0.465. The Morgan fingerprint density at radius 2 is 1.89 bits per heavy atom. The first-order chi connectivity index (χ1) is 3.42. The molecule has 7 nitrogen and oxygen atoms in total. The van der Waals surface area contributed by atoms with E-state index in [0.29, 0.717) is 0 Å². The largest absolute Gasteiger partial charge is 0.429 e. The number of hydrogen-bond acceptors (Lipinski definition) is 5. The summed E-state index contributed by atoms with van der Waals surface area (Å²) >= 11 is 0. The molecule has 9 heteroatoms. The summed E-state index contributed by atoms with van der Waals surface area (Å²) in [5, 5.41) is 7.43. The quantitative estimate of drug-likeness (QED) is 0.292. The topological polar surface area (TPSA) is 107 Å². The fraction of sp³-hybridized carbons (Fsp3) is 0. The maximum atomic E-state index is 9.33. The Kier molecular flexibility index (Phi) is 4.90. The van der Waals surface area contributed by atoms with Crippen LogP contribution in [0, 0.1) is 10.1 Å². The van der Waals surface area contributed by atoms with E-state index in [2.05, 4.69) is 4.28 Å². The average molecular weight is 251 g/mol. The molecule has 9 heavy (non-hydrogen) atoms. The normalized spacial score (nSPS) is 9.44. The first-order valence-electron chi connectivity index (χ1n) is 1.23. The Morgan fingerprint density at radius 1 is 1.56 bits per heavy atom. The van der Waals surface area contributed by atoms with Gasteiger partial charge in [0.1, 0.15) is 0 Å². The van der Waals surface area contributed by atoms with Gasteiger partial charge in [0.25, 0.3) is 0 Å². The van der Waals surface area contributed by atoms with Gasteiger partial charge in [0.15, 0.2) is 0 Å². The summed E-state index contributed by atoms with van der Waals surface area (Å²) in [7, 11) is -4.92. The Bertz CT molecular complexity index is 179. The van der Waals surface area contributed by atoms with Gasteiger partial charge in [-0.25, -0.2) is 0 Å². The Hall–Kier alpha value is -0.150. The minimum atomic E-state index is -4.92. The molecule has 1 radical (unpaired) electrons. The van der Waals surface area contributed by atoms with Crippen molar-refractivity contribution in [3.8, 4) is 0 Å². The van der Waals surface area contributed by atoms with Crippen molar-refractivity contribution in [2.24, 2.45) is 0 Å². The summed E-state index contributed by atoms with van der Waals surface area (Å²) in [6.07, 6.45) is 0. The van der Waals surface area contributed by atoms with Gasteiger partial charge in [0.05, 0.1) is 0 Å². The maximum absolute atomic E-state index is 9.33. The van der Waals surface area contributed by atoms with Crippen LogP contribution >= 0.6 is 0 Å². The second kappa shape index (κ2) is 3.80. The molecule has 0 bridgehead atoms.